The average molecular weight is 497 g/mol. The highest BCUT2D eigenvalue weighted by molar-refractivity contribution is 7.17. The lowest BCUT2D eigenvalue weighted by molar-refractivity contribution is 0.0740. The normalized spacial score (nSPS) is 21.1. The van der Waals surface area contributed by atoms with Gasteiger partial charge in [-0.1, -0.05) is 45.0 Å². The van der Waals surface area contributed by atoms with Crippen molar-refractivity contribution in [2.45, 2.75) is 65.1 Å². The van der Waals surface area contributed by atoms with E-state index in [4.69, 9.17) is 0 Å². The standard InChI is InChI=1S/C28H40N4O2S/c1-6-21-7-9-22(10-8-21)25-11-12-26(35-25)27(33)30(5)24-14-16-32(18-24)28(34)31-15-13-23(17-31)29-20(4)19(2)3/h7-12,19-20,23-24,29H,6,13-18H2,1-5H3/t20-,23+,24?/m0/s1. The molecule has 1 aromatic heterocycles. The van der Waals surface area contributed by atoms with Gasteiger partial charge in [-0.15, -0.1) is 11.3 Å². The molecule has 4 rings (SSSR count). The minimum absolute atomic E-state index is 0.0406. The Morgan fingerprint density at radius 3 is 2.40 bits per heavy atom. The van der Waals surface area contributed by atoms with Gasteiger partial charge in [0.05, 0.1) is 10.9 Å². The van der Waals surface area contributed by atoms with E-state index >= 15 is 0 Å². The molecule has 0 radical (unpaired) electrons. The number of amides is 3. The maximum Gasteiger partial charge on any atom is 0.320 e. The molecule has 3 amide bonds. The van der Waals surface area contributed by atoms with Gasteiger partial charge in [-0.2, -0.15) is 0 Å². The molecule has 3 heterocycles. The van der Waals surface area contributed by atoms with Crippen LogP contribution in [-0.2, 0) is 6.42 Å². The van der Waals surface area contributed by atoms with Crippen LogP contribution in [0.4, 0.5) is 4.79 Å². The Hall–Kier alpha value is -2.38. The molecule has 6 nitrogen and oxygen atoms in total. The van der Waals surface area contributed by atoms with Crippen LogP contribution in [0.1, 0.15) is 55.8 Å². The number of carbonyl (C=O) groups excluding carboxylic acids is 2. The monoisotopic (exact) mass is 496 g/mol. The fraction of sp³-hybridized carbons (Fsp3) is 0.571. The van der Waals surface area contributed by atoms with E-state index in [1.165, 1.54) is 5.56 Å². The Kier molecular flexibility index (Phi) is 8.17. The SMILES string of the molecule is CCc1ccc(-c2ccc(C(=O)N(C)C3CCN(C(=O)N4CC[C@@H](N[C@@H](C)C(C)C)C4)C3)s2)cc1. The lowest BCUT2D eigenvalue weighted by Crippen LogP contribution is -2.46. The number of carbonyl (C=O) groups is 2. The smallest absolute Gasteiger partial charge is 0.320 e. The molecule has 2 fully saturated rings. The van der Waals surface area contributed by atoms with Gasteiger partial charge in [-0.3, -0.25) is 4.79 Å². The van der Waals surface area contributed by atoms with Gasteiger partial charge in [-0.05, 0) is 55.4 Å². The number of likely N-dealkylation sites (N-methyl/N-ethyl adjacent to an activating group) is 1. The fourth-order valence-corrected chi connectivity index (χ4v) is 5.91. The van der Waals surface area contributed by atoms with Crippen LogP contribution in [-0.4, -0.2) is 78.0 Å². The summed E-state index contributed by atoms with van der Waals surface area (Å²) in [4.78, 5) is 34.0. The van der Waals surface area contributed by atoms with Crippen molar-refractivity contribution >= 4 is 23.3 Å². The topological polar surface area (TPSA) is 55.9 Å². The fourth-order valence-electron chi connectivity index (χ4n) is 4.92. The first-order valence-electron chi connectivity index (χ1n) is 13.0. The number of rotatable bonds is 7. The molecule has 0 spiro atoms. The van der Waals surface area contributed by atoms with E-state index in [1.54, 1.807) is 11.3 Å². The third-order valence-corrected chi connectivity index (χ3v) is 8.85. The number of aryl methyl sites for hydroxylation is 1. The summed E-state index contributed by atoms with van der Waals surface area (Å²) in [6, 6.07) is 13.5. The Balaban J connectivity index is 1.31. The summed E-state index contributed by atoms with van der Waals surface area (Å²) in [6.45, 7) is 11.7. The predicted molar refractivity (Wildman–Crippen MR) is 144 cm³/mol. The number of benzene rings is 1. The minimum atomic E-state index is 0.0406. The average Bonchev–Trinajstić information content (AvgIpc) is 3.63. The van der Waals surface area contributed by atoms with Gasteiger partial charge in [0, 0.05) is 50.2 Å². The highest BCUT2D eigenvalue weighted by Gasteiger charge is 2.36. The molecule has 1 aromatic carbocycles. The number of thiophene rings is 1. The molecule has 1 N–H and O–H groups in total. The number of hydrogen-bond acceptors (Lipinski definition) is 4. The van der Waals surface area contributed by atoms with Gasteiger partial charge >= 0.3 is 6.03 Å². The summed E-state index contributed by atoms with van der Waals surface area (Å²) in [5.74, 6) is 0.618. The number of hydrogen-bond donors (Lipinski definition) is 1. The van der Waals surface area contributed by atoms with Gasteiger partial charge < -0.3 is 20.0 Å². The van der Waals surface area contributed by atoms with Crippen LogP contribution >= 0.6 is 11.3 Å². The van der Waals surface area contributed by atoms with Crippen molar-refractivity contribution in [3.05, 3.63) is 46.8 Å². The molecule has 3 atom stereocenters. The van der Waals surface area contributed by atoms with Crippen LogP contribution in [0.2, 0.25) is 0 Å². The van der Waals surface area contributed by atoms with Gasteiger partial charge in [-0.25, -0.2) is 4.79 Å². The van der Waals surface area contributed by atoms with E-state index < -0.39 is 0 Å². The molecule has 2 aliphatic rings. The zero-order valence-electron chi connectivity index (χ0n) is 21.8. The molecular weight excluding hydrogens is 456 g/mol. The second kappa shape index (κ2) is 11.1. The summed E-state index contributed by atoms with van der Waals surface area (Å²) in [6.07, 6.45) is 2.84. The molecule has 0 bridgehead atoms. The second-order valence-electron chi connectivity index (χ2n) is 10.4. The van der Waals surface area contributed by atoms with Crippen molar-refractivity contribution in [2.24, 2.45) is 5.92 Å². The van der Waals surface area contributed by atoms with E-state index in [0.717, 1.165) is 47.7 Å². The van der Waals surface area contributed by atoms with E-state index in [9.17, 15) is 9.59 Å². The number of likely N-dealkylation sites (tertiary alicyclic amines) is 2. The van der Waals surface area contributed by atoms with Crippen molar-refractivity contribution in [3.63, 3.8) is 0 Å². The second-order valence-corrected chi connectivity index (χ2v) is 11.5. The summed E-state index contributed by atoms with van der Waals surface area (Å²) in [7, 11) is 1.87. The van der Waals surface area contributed by atoms with E-state index in [-0.39, 0.29) is 18.0 Å². The van der Waals surface area contributed by atoms with Crippen molar-refractivity contribution in [1.29, 1.82) is 0 Å². The third-order valence-electron chi connectivity index (χ3n) is 7.72. The van der Waals surface area contributed by atoms with Gasteiger partial charge in [0.2, 0.25) is 0 Å². The van der Waals surface area contributed by atoms with Crippen LogP contribution < -0.4 is 5.32 Å². The molecular formula is C28H40N4O2S. The van der Waals surface area contributed by atoms with Crippen LogP contribution in [0.25, 0.3) is 10.4 Å². The molecule has 1 unspecified atom stereocenters. The van der Waals surface area contributed by atoms with Crippen molar-refractivity contribution in [3.8, 4) is 10.4 Å². The Morgan fingerprint density at radius 1 is 1.03 bits per heavy atom. The number of urea groups is 1. The highest BCUT2D eigenvalue weighted by Crippen LogP contribution is 2.30. The lowest BCUT2D eigenvalue weighted by atomic mass is 10.1. The first kappa shape index (κ1) is 25.7. The van der Waals surface area contributed by atoms with Crippen molar-refractivity contribution in [2.75, 3.05) is 33.2 Å². The Bertz CT molecular complexity index is 1020. The summed E-state index contributed by atoms with van der Waals surface area (Å²) in [5, 5.41) is 3.67. The summed E-state index contributed by atoms with van der Waals surface area (Å²) in [5.41, 5.74) is 2.46. The van der Waals surface area contributed by atoms with Crippen LogP contribution in [0, 0.1) is 5.92 Å². The zero-order chi connectivity index (χ0) is 25.1. The van der Waals surface area contributed by atoms with Crippen molar-refractivity contribution in [1.82, 2.24) is 20.0 Å². The van der Waals surface area contributed by atoms with Crippen LogP contribution in [0.3, 0.4) is 0 Å². The molecule has 2 aromatic rings. The first-order valence-corrected chi connectivity index (χ1v) is 13.8. The quantitative estimate of drug-likeness (QED) is 0.590. The first-order chi connectivity index (χ1) is 16.8. The largest absolute Gasteiger partial charge is 0.336 e. The molecule has 0 aliphatic carbocycles. The van der Waals surface area contributed by atoms with Crippen LogP contribution in [0.5, 0.6) is 0 Å². The van der Waals surface area contributed by atoms with Crippen molar-refractivity contribution < 1.29 is 9.59 Å². The molecule has 35 heavy (non-hydrogen) atoms. The van der Waals surface area contributed by atoms with Gasteiger partial charge in [0.1, 0.15) is 0 Å². The molecule has 7 heteroatoms. The van der Waals surface area contributed by atoms with E-state index in [1.807, 2.05) is 33.9 Å². The maximum atomic E-state index is 13.2. The Labute approximate surface area is 214 Å². The zero-order valence-corrected chi connectivity index (χ0v) is 22.6. The summed E-state index contributed by atoms with van der Waals surface area (Å²) >= 11 is 1.54. The van der Waals surface area contributed by atoms with Crippen LogP contribution in [0.15, 0.2) is 36.4 Å². The minimum Gasteiger partial charge on any atom is -0.336 e. The molecule has 2 saturated heterocycles. The lowest BCUT2D eigenvalue weighted by Gasteiger charge is -2.27. The highest BCUT2D eigenvalue weighted by atomic mass is 32.1. The maximum absolute atomic E-state index is 13.2. The van der Waals surface area contributed by atoms with Gasteiger partial charge in [0.25, 0.3) is 5.91 Å². The van der Waals surface area contributed by atoms with Gasteiger partial charge in [0.15, 0.2) is 0 Å². The van der Waals surface area contributed by atoms with E-state index in [0.29, 0.717) is 31.1 Å². The number of nitrogens with zero attached hydrogens (tertiary/aromatic N) is 3. The Morgan fingerprint density at radius 2 is 1.71 bits per heavy atom. The number of nitrogens with one attached hydrogen (secondary N) is 1. The predicted octanol–water partition coefficient (Wildman–Crippen LogP) is 4.95. The van der Waals surface area contributed by atoms with E-state index in [2.05, 4.69) is 57.3 Å². The summed E-state index contributed by atoms with van der Waals surface area (Å²) < 4.78 is 0. The molecule has 190 valence electrons. The molecule has 2 aliphatic heterocycles. The third kappa shape index (κ3) is 5.89. The molecule has 0 saturated carbocycles.